The molecule has 0 saturated heterocycles. The smallest absolute Gasteiger partial charge is 0.338 e. The molecule has 4 rings (SSSR count). The minimum absolute atomic E-state index is 0.00574. The molecule has 10 nitrogen and oxygen atoms in total. The van der Waals surface area contributed by atoms with Crippen LogP contribution in [0.2, 0.25) is 19.6 Å². The van der Waals surface area contributed by atoms with Gasteiger partial charge in [-0.25, -0.2) is 4.79 Å². The summed E-state index contributed by atoms with van der Waals surface area (Å²) in [4.78, 5) is 39.9. The first-order chi connectivity index (χ1) is 21.6. The predicted octanol–water partition coefficient (Wildman–Crippen LogP) is 4.95. The summed E-state index contributed by atoms with van der Waals surface area (Å²) in [5.74, 6) is -3.67. The Balaban J connectivity index is 2.18. The van der Waals surface area contributed by atoms with Gasteiger partial charge in [0.15, 0.2) is 8.32 Å². The lowest BCUT2D eigenvalue weighted by atomic mass is 9.43. The molecular formula is C36H54O10Si. The van der Waals surface area contributed by atoms with Gasteiger partial charge in [0.25, 0.3) is 0 Å². The van der Waals surface area contributed by atoms with E-state index in [9.17, 15) is 29.7 Å². The maximum atomic E-state index is 14.1. The average Bonchev–Trinajstić information content (AvgIpc) is 2.95. The fourth-order valence-corrected chi connectivity index (χ4v) is 10.2. The summed E-state index contributed by atoms with van der Waals surface area (Å²) in [6, 6.07) is 8.39. The standard InChI is InChI=1S/C36H54O10Si/c1-12-35(45-23(5)38)26(39)18-20(2)34(8)29(35)31(44-32(41)24-16-14-13-15-17-24)36(42)19-25(46-47(9,10)11)21(3)27(33(36,6)7)28(40)30(34)43-22(4)37/h13-17,20,25-26,28-31,39-40,42H,12,18-19H2,1-11H3/t20-,25-,26+,28+,29?,30+,31-,34+,35-,36+/m0/s1. The van der Waals surface area contributed by atoms with E-state index in [0.29, 0.717) is 11.1 Å². The van der Waals surface area contributed by atoms with Crippen molar-refractivity contribution in [3.8, 4) is 0 Å². The zero-order valence-corrected chi connectivity index (χ0v) is 30.7. The van der Waals surface area contributed by atoms with E-state index in [1.807, 2.05) is 40.4 Å². The highest BCUT2D eigenvalue weighted by Crippen LogP contribution is 2.65. The van der Waals surface area contributed by atoms with Crippen molar-refractivity contribution in [2.45, 2.75) is 136 Å². The van der Waals surface area contributed by atoms with Gasteiger partial charge in [-0.3, -0.25) is 9.59 Å². The van der Waals surface area contributed by atoms with Gasteiger partial charge < -0.3 is 34.0 Å². The van der Waals surface area contributed by atoms with E-state index in [1.54, 1.807) is 51.1 Å². The molecule has 3 N–H and O–H groups in total. The number of hydrogen-bond acceptors (Lipinski definition) is 10. The Kier molecular flexibility index (Phi) is 10.1. The van der Waals surface area contributed by atoms with Crippen molar-refractivity contribution in [3.05, 3.63) is 47.0 Å². The van der Waals surface area contributed by atoms with E-state index >= 15 is 0 Å². The van der Waals surface area contributed by atoms with Crippen molar-refractivity contribution in [1.29, 1.82) is 0 Å². The summed E-state index contributed by atoms with van der Waals surface area (Å²) in [5, 5.41) is 37.9. The number of carbonyl (C=O) groups excluding carboxylic acids is 3. The van der Waals surface area contributed by atoms with E-state index in [1.165, 1.54) is 13.8 Å². The molecule has 0 spiro atoms. The molecule has 47 heavy (non-hydrogen) atoms. The Hall–Kier alpha value is -2.57. The number of aliphatic hydroxyl groups excluding tert-OH is 2. The zero-order valence-electron chi connectivity index (χ0n) is 29.7. The van der Waals surface area contributed by atoms with Gasteiger partial charge in [0.1, 0.15) is 29.5 Å². The van der Waals surface area contributed by atoms with Crippen LogP contribution < -0.4 is 0 Å². The van der Waals surface area contributed by atoms with Crippen LogP contribution in [0, 0.1) is 22.7 Å². The number of carbonyl (C=O) groups is 3. The molecule has 11 heteroatoms. The molecule has 0 aromatic heterocycles. The SMILES string of the molecule is CC[C@@]1(OC(C)=O)C2[C@H](OC(=O)c3ccccc3)[C@]3(O)C[C@H](O[Si](C)(C)C)C(C)=C([C@@H](O)[C@@H](OC(C)=O)[C@]2(C)[C@@H](C)C[C@H]1O)C3(C)C. The molecule has 262 valence electrons. The molecule has 0 amide bonds. The molecule has 2 bridgehead atoms. The molecule has 1 unspecified atom stereocenters. The van der Waals surface area contributed by atoms with Gasteiger partial charge in [0.05, 0.1) is 23.7 Å². The van der Waals surface area contributed by atoms with Crippen LogP contribution in [0.25, 0.3) is 0 Å². The number of rotatable bonds is 7. The second-order valence-corrected chi connectivity index (χ2v) is 20.1. The molecule has 0 heterocycles. The maximum Gasteiger partial charge on any atom is 0.338 e. The van der Waals surface area contributed by atoms with Crippen molar-refractivity contribution < 1.29 is 48.3 Å². The summed E-state index contributed by atoms with van der Waals surface area (Å²) in [7, 11) is -2.27. The van der Waals surface area contributed by atoms with Gasteiger partial charge >= 0.3 is 17.9 Å². The summed E-state index contributed by atoms with van der Waals surface area (Å²) in [6.45, 7) is 19.4. The van der Waals surface area contributed by atoms with Crippen LogP contribution in [0.4, 0.5) is 0 Å². The summed E-state index contributed by atoms with van der Waals surface area (Å²) >= 11 is 0. The van der Waals surface area contributed by atoms with Crippen LogP contribution in [0.3, 0.4) is 0 Å². The van der Waals surface area contributed by atoms with Crippen LogP contribution in [-0.2, 0) is 28.2 Å². The van der Waals surface area contributed by atoms with E-state index in [2.05, 4.69) is 0 Å². The number of hydrogen-bond donors (Lipinski definition) is 3. The van der Waals surface area contributed by atoms with Crippen LogP contribution in [0.5, 0.6) is 0 Å². The van der Waals surface area contributed by atoms with Gasteiger partial charge in [-0.1, -0.05) is 52.8 Å². The highest BCUT2D eigenvalue weighted by molar-refractivity contribution is 6.69. The quantitative estimate of drug-likeness (QED) is 0.157. The lowest BCUT2D eigenvalue weighted by Crippen LogP contribution is -2.77. The molecule has 1 aromatic carbocycles. The van der Waals surface area contributed by atoms with Crippen molar-refractivity contribution in [2.75, 3.05) is 0 Å². The molecule has 10 atom stereocenters. The first-order valence-electron chi connectivity index (χ1n) is 16.7. The summed E-state index contributed by atoms with van der Waals surface area (Å²) < 4.78 is 25.4. The van der Waals surface area contributed by atoms with E-state index in [0.717, 1.165) is 0 Å². The second kappa shape index (κ2) is 12.7. The minimum atomic E-state index is -2.27. The Morgan fingerprint density at radius 3 is 2.06 bits per heavy atom. The predicted molar refractivity (Wildman–Crippen MR) is 178 cm³/mol. The highest BCUT2D eigenvalue weighted by Gasteiger charge is 2.75. The van der Waals surface area contributed by atoms with Crippen molar-refractivity contribution in [3.63, 3.8) is 0 Å². The third-order valence-electron chi connectivity index (χ3n) is 11.4. The first kappa shape index (κ1) is 37.2. The van der Waals surface area contributed by atoms with Gasteiger partial charge in [-0.15, -0.1) is 0 Å². The summed E-state index contributed by atoms with van der Waals surface area (Å²) in [6.07, 6.45) is -5.82. The largest absolute Gasteiger partial charge is 0.459 e. The third-order valence-corrected chi connectivity index (χ3v) is 12.4. The molecule has 3 aliphatic rings. The van der Waals surface area contributed by atoms with Gasteiger partial charge in [-0.2, -0.15) is 0 Å². The Morgan fingerprint density at radius 1 is 0.957 bits per heavy atom. The number of fused-ring (bicyclic) bond motifs is 3. The van der Waals surface area contributed by atoms with Crippen LogP contribution in [0.1, 0.15) is 85.0 Å². The van der Waals surface area contributed by atoms with Crippen LogP contribution in [0.15, 0.2) is 41.5 Å². The van der Waals surface area contributed by atoms with E-state index in [-0.39, 0.29) is 24.8 Å². The number of benzene rings is 1. The van der Waals surface area contributed by atoms with Gasteiger partial charge in [-0.05, 0) is 68.6 Å². The molecule has 2 saturated carbocycles. The molecule has 3 aliphatic carbocycles. The van der Waals surface area contributed by atoms with E-state index in [4.69, 9.17) is 18.6 Å². The number of aliphatic hydroxyl groups is 3. The topological polar surface area (TPSA) is 149 Å². The zero-order chi connectivity index (χ0) is 35.5. The van der Waals surface area contributed by atoms with Crippen LogP contribution >= 0.6 is 0 Å². The average molecular weight is 675 g/mol. The minimum Gasteiger partial charge on any atom is -0.459 e. The Bertz CT molecular complexity index is 1400. The summed E-state index contributed by atoms with van der Waals surface area (Å²) in [5.41, 5.74) is -4.84. The Labute approximate surface area is 279 Å². The second-order valence-electron chi connectivity index (χ2n) is 15.6. The fraction of sp³-hybridized carbons (Fsp3) is 0.694. The molecule has 2 fully saturated rings. The number of esters is 3. The maximum absolute atomic E-state index is 14.1. The Morgan fingerprint density at radius 2 is 1.55 bits per heavy atom. The molecular weight excluding hydrogens is 620 g/mol. The first-order valence-corrected chi connectivity index (χ1v) is 20.1. The van der Waals surface area contributed by atoms with Gasteiger partial charge in [0.2, 0.25) is 0 Å². The lowest BCUT2D eigenvalue weighted by Gasteiger charge is -2.67. The van der Waals surface area contributed by atoms with Crippen molar-refractivity contribution in [1.82, 2.24) is 0 Å². The molecule has 0 aliphatic heterocycles. The monoisotopic (exact) mass is 674 g/mol. The van der Waals surface area contributed by atoms with Crippen LogP contribution in [-0.4, -0.2) is 83.3 Å². The third kappa shape index (κ3) is 6.11. The van der Waals surface area contributed by atoms with E-state index < -0.39 is 90.6 Å². The fourth-order valence-electron chi connectivity index (χ4n) is 9.08. The van der Waals surface area contributed by atoms with Crippen molar-refractivity contribution >= 4 is 26.2 Å². The molecule has 1 aromatic rings. The highest BCUT2D eigenvalue weighted by atomic mass is 28.4. The molecule has 0 radical (unpaired) electrons. The lowest BCUT2D eigenvalue weighted by molar-refractivity contribution is -0.303. The number of ether oxygens (including phenoxy) is 3. The normalized spacial score (nSPS) is 38.4. The van der Waals surface area contributed by atoms with Crippen molar-refractivity contribution in [2.24, 2.45) is 22.7 Å². The van der Waals surface area contributed by atoms with Gasteiger partial charge in [0, 0.05) is 31.1 Å².